The molecule has 15 N–H and O–H groups in total. The van der Waals surface area contributed by atoms with E-state index in [9.17, 15) is 58.2 Å². The summed E-state index contributed by atoms with van der Waals surface area (Å²) in [6.45, 7) is 13.6. The third-order valence-corrected chi connectivity index (χ3v) is 12.3. The van der Waals surface area contributed by atoms with Crippen LogP contribution in [0.4, 0.5) is 0 Å². The molecule has 0 bridgehead atoms. The highest BCUT2D eigenvalue weighted by Crippen LogP contribution is 2.21. The standard InChI is InChI=1S/C48H72N12O12/c1-9-25(7)39(46(69)56-33(16-27-20-52-31-14-12-11-13-29(27)31)43(66)58-38(24(5)6)45(68)57-35(48(71)72)18-36(50)61)60-47(70)40(26(8)10-2)59-44(67)34(19-37(62)63)55-42(65)32(15-23(3)4)54-41(64)30(49)17-28-21-51-22-53-28/h11-14,20-26,30,32-35,38-40,52H,9-10,15-19,49H2,1-8H3,(H2,50,61)(H,51,53)(H,54,64)(H,55,65)(H,56,69)(H,57,68)(H,58,66)(H,59,67)(H,60,70)(H,62,63)(H,71,72)/t25-,26-,30-,32-,33-,34-,35-,38-,39-,40-/m0/s1. The third kappa shape index (κ3) is 17.8. The number of nitrogens with two attached hydrogens (primary N) is 2. The number of hydrogen-bond donors (Lipinski definition) is 13. The van der Waals surface area contributed by atoms with Gasteiger partial charge in [0, 0.05) is 41.8 Å². The number of amides is 8. The number of carbonyl (C=O) groups excluding carboxylic acids is 8. The van der Waals surface area contributed by atoms with Crippen molar-refractivity contribution in [3.8, 4) is 0 Å². The Morgan fingerprint density at radius 3 is 1.67 bits per heavy atom. The molecule has 396 valence electrons. The maximum atomic E-state index is 14.5. The van der Waals surface area contributed by atoms with Crippen LogP contribution in [0.5, 0.6) is 0 Å². The zero-order valence-corrected chi connectivity index (χ0v) is 42.0. The van der Waals surface area contributed by atoms with Crippen LogP contribution in [0, 0.1) is 23.7 Å². The summed E-state index contributed by atoms with van der Waals surface area (Å²) in [7, 11) is 0. The van der Waals surface area contributed by atoms with Crippen molar-refractivity contribution < 1.29 is 58.2 Å². The van der Waals surface area contributed by atoms with Gasteiger partial charge in [-0.05, 0) is 41.7 Å². The fourth-order valence-corrected chi connectivity index (χ4v) is 7.71. The van der Waals surface area contributed by atoms with Gasteiger partial charge in [-0.1, -0.05) is 86.4 Å². The number of primary amides is 1. The molecule has 0 saturated heterocycles. The fraction of sp³-hybridized carbons (Fsp3) is 0.562. The quantitative estimate of drug-likeness (QED) is 0.0405. The summed E-state index contributed by atoms with van der Waals surface area (Å²) >= 11 is 0. The van der Waals surface area contributed by atoms with E-state index in [1.165, 1.54) is 12.5 Å². The van der Waals surface area contributed by atoms with Crippen molar-refractivity contribution >= 4 is 70.1 Å². The number of aromatic amines is 2. The molecule has 8 amide bonds. The smallest absolute Gasteiger partial charge is 0.326 e. The molecule has 72 heavy (non-hydrogen) atoms. The average Bonchev–Trinajstić information content (AvgIpc) is 3.99. The van der Waals surface area contributed by atoms with E-state index in [4.69, 9.17) is 11.5 Å². The Kier molecular flexibility index (Phi) is 22.8. The van der Waals surface area contributed by atoms with Crippen LogP contribution in [-0.4, -0.2) is 133 Å². The van der Waals surface area contributed by atoms with Gasteiger partial charge in [0.1, 0.15) is 42.3 Å². The molecule has 3 aromatic rings. The second-order valence-electron chi connectivity index (χ2n) is 18.9. The van der Waals surface area contributed by atoms with Crippen LogP contribution in [0.25, 0.3) is 10.9 Å². The van der Waals surface area contributed by atoms with E-state index >= 15 is 0 Å². The zero-order valence-electron chi connectivity index (χ0n) is 42.0. The molecule has 3 rings (SSSR count). The lowest BCUT2D eigenvalue weighted by Crippen LogP contribution is -2.62. The Bertz CT molecular complexity index is 2370. The van der Waals surface area contributed by atoms with Gasteiger partial charge in [-0.3, -0.25) is 43.2 Å². The lowest BCUT2D eigenvalue weighted by molar-refractivity contribution is -0.144. The summed E-state index contributed by atoms with van der Waals surface area (Å²) in [5, 5.41) is 38.1. The first-order valence-corrected chi connectivity index (χ1v) is 24.0. The van der Waals surface area contributed by atoms with Crippen LogP contribution in [0.15, 0.2) is 43.0 Å². The van der Waals surface area contributed by atoms with Crippen molar-refractivity contribution in [3.05, 3.63) is 54.2 Å². The molecule has 10 atom stereocenters. The highest BCUT2D eigenvalue weighted by atomic mass is 16.4. The van der Waals surface area contributed by atoms with Crippen molar-refractivity contribution in [2.45, 2.75) is 149 Å². The van der Waals surface area contributed by atoms with E-state index in [0.717, 1.165) is 10.9 Å². The molecule has 0 radical (unpaired) electrons. The van der Waals surface area contributed by atoms with Crippen molar-refractivity contribution in [1.29, 1.82) is 0 Å². The number of nitrogens with zero attached hydrogens (tertiary/aromatic N) is 1. The van der Waals surface area contributed by atoms with Crippen molar-refractivity contribution in [2.24, 2.45) is 35.1 Å². The largest absolute Gasteiger partial charge is 0.481 e. The number of H-pyrrole nitrogens is 2. The summed E-state index contributed by atoms with van der Waals surface area (Å²) < 4.78 is 0. The number of hydrogen-bond acceptors (Lipinski definition) is 12. The Morgan fingerprint density at radius 1 is 0.611 bits per heavy atom. The van der Waals surface area contributed by atoms with Crippen molar-refractivity contribution in [3.63, 3.8) is 0 Å². The van der Waals surface area contributed by atoms with Gasteiger partial charge >= 0.3 is 11.9 Å². The van der Waals surface area contributed by atoms with Crippen LogP contribution >= 0.6 is 0 Å². The first kappa shape index (κ1) is 58.9. The molecule has 2 aromatic heterocycles. The number of benzene rings is 1. The first-order valence-electron chi connectivity index (χ1n) is 24.0. The Morgan fingerprint density at radius 2 is 1.12 bits per heavy atom. The lowest BCUT2D eigenvalue weighted by Gasteiger charge is -2.31. The predicted molar refractivity (Wildman–Crippen MR) is 263 cm³/mol. The lowest BCUT2D eigenvalue weighted by atomic mass is 9.94. The minimum atomic E-state index is -1.73. The summed E-state index contributed by atoms with van der Waals surface area (Å²) in [5.74, 6) is -12.0. The van der Waals surface area contributed by atoms with Gasteiger partial charge in [0.2, 0.25) is 47.3 Å². The number of nitrogens with one attached hydrogen (secondary N) is 9. The zero-order chi connectivity index (χ0) is 54.0. The molecule has 0 aliphatic heterocycles. The summed E-state index contributed by atoms with van der Waals surface area (Å²) in [4.78, 5) is 143. The first-order chi connectivity index (χ1) is 33.9. The van der Waals surface area contributed by atoms with Gasteiger partial charge in [0.15, 0.2) is 0 Å². The number of para-hydroxylation sites is 1. The average molecular weight is 1010 g/mol. The van der Waals surface area contributed by atoms with E-state index in [1.807, 2.05) is 0 Å². The molecule has 0 spiro atoms. The van der Waals surface area contributed by atoms with Gasteiger partial charge in [0.25, 0.3) is 0 Å². The van der Waals surface area contributed by atoms with E-state index in [1.54, 1.807) is 85.9 Å². The van der Waals surface area contributed by atoms with Crippen molar-refractivity contribution in [1.82, 2.24) is 52.2 Å². The molecule has 2 heterocycles. The number of carbonyl (C=O) groups is 10. The van der Waals surface area contributed by atoms with Crippen LogP contribution in [0.3, 0.4) is 0 Å². The topological polar surface area (TPSA) is 392 Å². The third-order valence-electron chi connectivity index (χ3n) is 12.3. The van der Waals surface area contributed by atoms with Crippen LogP contribution in [0.1, 0.15) is 98.8 Å². The number of fused-ring (bicyclic) bond motifs is 1. The van der Waals surface area contributed by atoms with Crippen LogP contribution in [0.2, 0.25) is 0 Å². The molecular formula is C48H72N12O12. The molecule has 1 aromatic carbocycles. The number of imidazole rings is 1. The molecule has 0 aliphatic carbocycles. The van der Waals surface area contributed by atoms with Gasteiger partial charge in [-0.25, -0.2) is 9.78 Å². The minimum Gasteiger partial charge on any atom is -0.481 e. The van der Waals surface area contributed by atoms with Gasteiger partial charge < -0.3 is 68.9 Å². The number of carboxylic acid groups (broad SMARTS) is 2. The second-order valence-corrected chi connectivity index (χ2v) is 18.9. The number of aliphatic carboxylic acids is 2. The van der Waals surface area contributed by atoms with E-state index in [-0.39, 0.29) is 25.2 Å². The van der Waals surface area contributed by atoms with Gasteiger partial charge in [-0.15, -0.1) is 0 Å². The SMILES string of the molecule is CC[C@H](C)[C@H](NC(=O)[C@H](CC(=O)O)NC(=O)[C@H](CC(C)C)NC(=O)[C@@H](N)Cc1cnc[nH]1)C(=O)N[C@H](C(=O)N[C@@H](Cc1c[nH]c2ccccc12)C(=O)N[C@H](C(=O)N[C@@H](CC(N)=O)C(=O)O)C(C)C)[C@@H](C)CC. The molecule has 24 nitrogen and oxygen atoms in total. The predicted octanol–water partition coefficient (Wildman–Crippen LogP) is -0.374. The number of carboxylic acids is 2. The molecule has 0 fully saturated rings. The van der Waals surface area contributed by atoms with Crippen molar-refractivity contribution in [2.75, 3.05) is 0 Å². The Labute approximate surface area is 417 Å². The van der Waals surface area contributed by atoms with E-state index in [2.05, 4.69) is 52.2 Å². The van der Waals surface area contributed by atoms with Gasteiger partial charge in [-0.2, -0.15) is 0 Å². The summed E-state index contributed by atoms with van der Waals surface area (Å²) in [6, 6.07) is -4.04. The number of aromatic nitrogens is 3. The fourth-order valence-electron chi connectivity index (χ4n) is 7.71. The maximum Gasteiger partial charge on any atom is 0.326 e. The Hall–Kier alpha value is -7.37. The molecule has 0 saturated carbocycles. The van der Waals surface area contributed by atoms with E-state index < -0.39 is 138 Å². The normalized spacial score (nSPS) is 15.5. The highest BCUT2D eigenvalue weighted by molar-refractivity contribution is 5.99. The molecule has 0 unspecified atom stereocenters. The van der Waals surface area contributed by atoms with Crippen LogP contribution < -0.4 is 48.7 Å². The summed E-state index contributed by atoms with van der Waals surface area (Å²) in [5.41, 5.74) is 13.2. The van der Waals surface area contributed by atoms with E-state index in [0.29, 0.717) is 24.1 Å². The highest BCUT2D eigenvalue weighted by Gasteiger charge is 2.38. The number of rotatable bonds is 30. The maximum absolute atomic E-state index is 14.5. The van der Waals surface area contributed by atoms with Crippen LogP contribution in [-0.2, 0) is 60.8 Å². The molecule has 0 aliphatic rings. The Balaban J connectivity index is 1.92. The molecular weight excluding hydrogens is 937 g/mol. The second kappa shape index (κ2) is 27.9. The molecule has 24 heteroatoms. The minimum absolute atomic E-state index is 0.0733. The monoisotopic (exact) mass is 1010 g/mol. The summed E-state index contributed by atoms with van der Waals surface area (Å²) in [6.07, 6.45) is 3.62. The van der Waals surface area contributed by atoms with Gasteiger partial charge in [0.05, 0.1) is 25.2 Å².